The number of benzene rings is 1. The number of ether oxygens (including phenoxy) is 1. The minimum absolute atomic E-state index is 0.178. The van der Waals surface area contributed by atoms with Crippen LogP contribution in [0, 0.1) is 0 Å². The summed E-state index contributed by atoms with van der Waals surface area (Å²) in [5.41, 5.74) is 2.61. The molecule has 0 aliphatic heterocycles. The van der Waals surface area contributed by atoms with Crippen molar-refractivity contribution >= 4 is 17.2 Å². The van der Waals surface area contributed by atoms with Gasteiger partial charge in [0.1, 0.15) is 5.75 Å². The third-order valence-electron chi connectivity index (χ3n) is 3.13. The fourth-order valence-electron chi connectivity index (χ4n) is 2.32. The van der Waals surface area contributed by atoms with Crippen molar-refractivity contribution in [3.8, 4) is 5.75 Å². The van der Waals surface area contributed by atoms with Gasteiger partial charge in [-0.2, -0.15) is 0 Å². The third-order valence-corrected chi connectivity index (χ3v) is 3.48. The number of halogens is 1. The van der Waals surface area contributed by atoms with Crippen LogP contribution in [-0.4, -0.2) is 11.5 Å². The van der Waals surface area contributed by atoms with Crippen LogP contribution in [0.25, 0.3) is 5.57 Å². The van der Waals surface area contributed by atoms with Crippen LogP contribution < -0.4 is 4.74 Å². The molecule has 18 heavy (non-hydrogen) atoms. The molecule has 1 unspecified atom stereocenters. The van der Waals surface area contributed by atoms with E-state index >= 15 is 0 Å². The van der Waals surface area contributed by atoms with Crippen molar-refractivity contribution in [1.29, 1.82) is 0 Å². The molecule has 1 aliphatic rings. The highest BCUT2D eigenvalue weighted by Crippen LogP contribution is 2.30. The average Bonchev–Trinajstić information content (AvgIpc) is 2.53. The van der Waals surface area contributed by atoms with E-state index in [1.165, 1.54) is 24.0 Å². The zero-order valence-electron chi connectivity index (χ0n) is 11.2. The molecule has 0 heterocycles. The van der Waals surface area contributed by atoms with Gasteiger partial charge in [-0.25, -0.2) is 0 Å². The first-order valence-electron chi connectivity index (χ1n) is 6.77. The van der Waals surface area contributed by atoms with Gasteiger partial charge in [-0.3, -0.25) is 0 Å². The third kappa shape index (κ3) is 3.78. The second-order valence-electron chi connectivity index (χ2n) is 5.15. The Morgan fingerprint density at radius 3 is 2.89 bits per heavy atom. The van der Waals surface area contributed by atoms with E-state index in [2.05, 4.69) is 24.3 Å². The second kappa shape index (κ2) is 6.29. The Labute approximate surface area is 115 Å². The van der Waals surface area contributed by atoms with Crippen molar-refractivity contribution in [1.82, 2.24) is 0 Å². The number of hydrogen-bond donors (Lipinski definition) is 0. The zero-order valence-corrected chi connectivity index (χ0v) is 11.9. The highest BCUT2D eigenvalue weighted by atomic mass is 35.5. The predicted molar refractivity (Wildman–Crippen MR) is 78.3 cm³/mol. The molecule has 0 aromatic heterocycles. The summed E-state index contributed by atoms with van der Waals surface area (Å²) in [6.45, 7) is 4.10. The van der Waals surface area contributed by atoms with Crippen molar-refractivity contribution in [3.05, 3.63) is 35.9 Å². The molecular formula is C16H21ClO. The molecule has 0 spiro atoms. The minimum atomic E-state index is 0.178. The van der Waals surface area contributed by atoms with Crippen LogP contribution in [0.3, 0.4) is 0 Å². The van der Waals surface area contributed by atoms with Gasteiger partial charge >= 0.3 is 0 Å². The van der Waals surface area contributed by atoms with Gasteiger partial charge in [0.2, 0.25) is 0 Å². The van der Waals surface area contributed by atoms with Crippen LogP contribution in [0.4, 0.5) is 0 Å². The van der Waals surface area contributed by atoms with Gasteiger partial charge in [-0.15, -0.1) is 11.6 Å². The zero-order chi connectivity index (χ0) is 13.0. The van der Waals surface area contributed by atoms with Crippen LogP contribution in [0.2, 0.25) is 0 Å². The molecule has 1 aromatic carbocycles. The lowest BCUT2D eigenvalue weighted by Gasteiger charge is -2.12. The van der Waals surface area contributed by atoms with E-state index in [1.54, 1.807) is 0 Å². The lowest BCUT2D eigenvalue weighted by Crippen LogP contribution is -2.05. The van der Waals surface area contributed by atoms with Gasteiger partial charge in [0.25, 0.3) is 0 Å². The molecule has 0 amide bonds. The number of allylic oxidation sites excluding steroid dienone is 2. The average molecular weight is 265 g/mol. The summed E-state index contributed by atoms with van der Waals surface area (Å²) in [6, 6.07) is 8.34. The molecule has 98 valence electrons. The van der Waals surface area contributed by atoms with E-state index < -0.39 is 0 Å². The molecule has 1 aromatic rings. The molecule has 1 atom stereocenters. The Morgan fingerprint density at radius 1 is 1.28 bits per heavy atom. The molecule has 0 radical (unpaired) electrons. The number of alkyl halides is 1. The lowest BCUT2D eigenvalue weighted by molar-refractivity contribution is 0.242. The van der Waals surface area contributed by atoms with Gasteiger partial charge < -0.3 is 4.74 Å². The minimum Gasteiger partial charge on any atom is -0.491 e. The van der Waals surface area contributed by atoms with Crippen molar-refractivity contribution in [2.24, 2.45) is 0 Å². The SMILES string of the molecule is CC(C)Oc1cccc(C2=CC(Cl)CCCC2)c1. The van der Waals surface area contributed by atoms with Crippen LogP contribution in [0.5, 0.6) is 5.75 Å². The van der Waals surface area contributed by atoms with Crippen LogP contribution in [0.1, 0.15) is 45.1 Å². The largest absolute Gasteiger partial charge is 0.491 e. The summed E-state index contributed by atoms with van der Waals surface area (Å²) in [6.07, 6.45) is 7.08. The maximum atomic E-state index is 6.28. The molecule has 1 nitrogen and oxygen atoms in total. The highest BCUT2D eigenvalue weighted by molar-refractivity contribution is 6.22. The molecule has 2 heteroatoms. The molecular weight excluding hydrogens is 244 g/mol. The summed E-state index contributed by atoms with van der Waals surface area (Å²) in [7, 11) is 0. The van der Waals surface area contributed by atoms with E-state index in [0.717, 1.165) is 18.6 Å². The topological polar surface area (TPSA) is 9.23 Å². The Morgan fingerprint density at radius 2 is 2.11 bits per heavy atom. The quantitative estimate of drug-likeness (QED) is 0.695. The second-order valence-corrected chi connectivity index (χ2v) is 5.71. The van der Waals surface area contributed by atoms with Crippen LogP contribution in [0.15, 0.2) is 30.3 Å². The van der Waals surface area contributed by atoms with E-state index in [4.69, 9.17) is 16.3 Å². The first-order chi connectivity index (χ1) is 8.65. The summed E-state index contributed by atoms with van der Waals surface area (Å²) >= 11 is 6.28. The molecule has 0 saturated heterocycles. The summed E-state index contributed by atoms with van der Waals surface area (Å²) in [4.78, 5) is 0. The van der Waals surface area contributed by atoms with Crippen molar-refractivity contribution in [2.75, 3.05) is 0 Å². The van der Waals surface area contributed by atoms with Gasteiger partial charge in [0.05, 0.1) is 11.5 Å². The lowest BCUT2D eigenvalue weighted by atomic mass is 10.0. The Bertz CT molecular complexity index is 423. The van der Waals surface area contributed by atoms with E-state index in [9.17, 15) is 0 Å². The monoisotopic (exact) mass is 264 g/mol. The van der Waals surface area contributed by atoms with Gasteiger partial charge in [0.15, 0.2) is 0 Å². The normalized spacial score (nSPS) is 20.4. The molecule has 0 N–H and O–H groups in total. The highest BCUT2D eigenvalue weighted by Gasteiger charge is 2.11. The fraction of sp³-hybridized carbons (Fsp3) is 0.500. The fourth-order valence-corrected chi connectivity index (χ4v) is 2.63. The van der Waals surface area contributed by atoms with Gasteiger partial charge in [-0.05, 0) is 56.4 Å². The maximum Gasteiger partial charge on any atom is 0.120 e. The molecule has 0 saturated carbocycles. The van der Waals surface area contributed by atoms with E-state index in [0.29, 0.717) is 0 Å². The summed E-state index contributed by atoms with van der Waals surface area (Å²) in [5, 5.41) is 0.178. The standard InChI is InChI=1S/C16H21ClO/c1-12(2)18-16-9-5-7-14(11-16)13-6-3-4-8-15(17)10-13/h5,7,9-12,15H,3-4,6,8H2,1-2H3. The van der Waals surface area contributed by atoms with E-state index in [1.807, 2.05) is 19.9 Å². The molecule has 0 fully saturated rings. The van der Waals surface area contributed by atoms with Gasteiger partial charge in [-0.1, -0.05) is 24.6 Å². The first kappa shape index (κ1) is 13.5. The van der Waals surface area contributed by atoms with Crippen molar-refractivity contribution < 1.29 is 4.74 Å². The maximum absolute atomic E-state index is 6.28. The van der Waals surface area contributed by atoms with Crippen LogP contribution in [-0.2, 0) is 0 Å². The Balaban J connectivity index is 2.21. The van der Waals surface area contributed by atoms with Crippen molar-refractivity contribution in [2.45, 2.75) is 51.0 Å². The number of hydrogen-bond acceptors (Lipinski definition) is 1. The molecule has 2 rings (SSSR count). The van der Waals surface area contributed by atoms with Crippen molar-refractivity contribution in [3.63, 3.8) is 0 Å². The predicted octanol–water partition coefficient (Wildman–Crippen LogP) is 5.04. The summed E-state index contributed by atoms with van der Waals surface area (Å²) in [5.74, 6) is 0.943. The van der Waals surface area contributed by atoms with E-state index in [-0.39, 0.29) is 11.5 Å². The van der Waals surface area contributed by atoms with Gasteiger partial charge in [0, 0.05) is 0 Å². The summed E-state index contributed by atoms with van der Waals surface area (Å²) < 4.78 is 5.74. The molecule has 0 bridgehead atoms. The Kier molecular flexibility index (Phi) is 4.71. The number of rotatable bonds is 3. The van der Waals surface area contributed by atoms with Crippen LogP contribution >= 0.6 is 11.6 Å². The molecule has 1 aliphatic carbocycles. The Hall–Kier alpha value is -0.950. The first-order valence-corrected chi connectivity index (χ1v) is 7.20. The smallest absolute Gasteiger partial charge is 0.120 e.